The summed E-state index contributed by atoms with van der Waals surface area (Å²) >= 11 is 0. The lowest BCUT2D eigenvalue weighted by atomic mass is 9.93. The first kappa shape index (κ1) is 93.0. The van der Waals surface area contributed by atoms with Crippen LogP contribution in [0, 0.1) is 16.7 Å². The van der Waals surface area contributed by atoms with Crippen LogP contribution in [0.15, 0.2) is 0 Å². The maximum Gasteiger partial charge on any atom is 0.211 e. The maximum atomic E-state index is 11.0. The number of hydrogen-bond donors (Lipinski definition) is 15. The van der Waals surface area contributed by atoms with Crippen LogP contribution >= 0.6 is 0 Å². The summed E-state index contributed by atoms with van der Waals surface area (Å²) in [6.45, 7) is 42.0. The number of likely N-dealkylation sites (N-methyl/N-ethyl adjacent to an activating group) is 1. The Hall–Kier alpha value is -0.970. The minimum Gasteiger partial charge on any atom is -0.392 e. The summed E-state index contributed by atoms with van der Waals surface area (Å²) in [6.07, 6.45) is 10.1. The lowest BCUT2D eigenvalue weighted by molar-refractivity contribution is 0.000432. The predicted molar refractivity (Wildman–Crippen MR) is 387 cm³/mol. The zero-order valence-electron chi connectivity index (χ0n) is 59.2. The summed E-state index contributed by atoms with van der Waals surface area (Å²) in [4.78, 5) is 4.87. The first-order chi connectivity index (χ1) is 43.1. The average Bonchev–Trinajstić information content (AvgIpc) is 1.21. The van der Waals surface area contributed by atoms with Gasteiger partial charge in [0, 0.05) is 163 Å². The first-order valence-corrected chi connectivity index (χ1v) is 43.3. The molecule has 11 aliphatic heterocycles. The van der Waals surface area contributed by atoms with Crippen molar-refractivity contribution in [3.8, 4) is 0 Å². The van der Waals surface area contributed by atoms with E-state index in [1.165, 1.54) is 81.6 Å². The third-order valence-corrected chi connectivity index (χ3v) is 24.5. The van der Waals surface area contributed by atoms with Crippen molar-refractivity contribution in [2.24, 2.45) is 16.7 Å². The highest BCUT2D eigenvalue weighted by molar-refractivity contribution is 7.92. The van der Waals surface area contributed by atoms with Gasteiger partial charge < -0.3 is 88.7 Å². The minimum absolute atomic E-state index is 0. The number of aliphatic hydroxyl groups excluding tert-OH is 3. The van der Waals surface area contributed by atoms with E-state index in [1.54, 1.807) is 0 Å². The van der Waals surface area contributed by atoms with Gasteiger partial charge in [0.1, 0.15) is 19.7 Å². The highest BCUT2D eigenvalue weighted by Gasteiger charge is 2.29. The van der Waals surface area contributed by atoms with Crippen molar-refractivity contribution in [1.82, 2.24) is 72.6 Å². The Balaban J connectivity index is 0.00000101. The molecule has 33 heteroatoms. The van der Waals surface area contributed by atoms with E-state index in [9.17, 15) is 42.1 Å². The summed E-state index contributed by atoms with van der Waals surface area (Å²) in [5.74, 6) is 1.28. The molecule has 15 N–H and O–H groups in total. The Morgan fingerprint density at radius 3 is 1.10 bits per heavy atom. The Kier molecular flexibility index (Phi) is 47.5. The molecule has 0 bridgehead atoms. The number of nitrogens with zero attached hydrogens (tertiary/aromatic N) is 3. The highest BCUT2D eigenvalue weighted by atomic mass is 32.2. The van der Waals surface area contributed by atoms with Crippen molar-refractivity contribution < 1.29 is 62.5 Å². The Bertz CT molecular complexity index is 2340. The summed E-state index contributed by atoms with van der Waals surface area (Å²) in [6, 6.07) is 0. The molecule has 11 fully saturated rings. The van der Waals surface area contributed by atoms with Crippen molar-refractivity contribution in [3.63, 3.8) is 0 Å². The molecule has 11 rings (SSSR count). The van der Waals surface area contributed by atoms with Gasteiger partial charge in [-0.2, -0.15) is 4.31 Å². The summed E-state index contributed by atoms with van der Waals surface area (Å²) in [7, 11) is -11.7. The second-order valence-corrected chi connectivity index (χ2v) is 39.9. The molecule has 11 heterocycles. The molecule has 94 heavy (non-hydrogen) atoms. The molecule has 11 saturated heterocycles. The fourth-order valence-corrected chi connectivity index (χ4v) is 15.4. The van der Waals surface area contributed by atoms with E-state index in [0.717, 1.165) is 130 Å². The van der Waals surface area contributed by atoms with Gasteiger partial charge in [0.25, 0.3) is 0 Å². The lowest BCUT2D eigenvalue weighted by Gasteiger charge is -2.33. The number of piperidine rings is 4. The van der Waals surface area contributed by atoms with Crippen LogP contribution in [0.1, 0.15) is 101 Å². The Morgan fingerprint density at radius 2 is 0.883 bits per heavy atom. The van der Waals surface area contributed by atoms with Crippen molar-refractivity contribution in [3.05, 3.63) is 0 Å². The van der Waals surface area contributed by atoms with Crippen molar-refractivity contribution in [1.29, 1.82) is 0 Å². The van der Waals surface area contributed by atoms with Crippen molar-refractivity contribution in [2.75, 3.05) is 233 Å². The smallest absolute Gasteiger partial charge is 0.211 e. The number of β-amino-alcohol motifs (C(OH)–C–C–N with tert-alkyl or cyclic N) is 3. The third-order valence-electron chi connectivity index (χ3n) is 16.7. The van der Waals surface area contributed by atoms with Crippen LogP contribution in [0.25, 0.3) is 0 Å². The number of nitrogens with one attached hydrogen (secondary N) is 11. The van der Waals surface area contributed by atoms with Crippen LogP contribution in [0.4, 0.5) is 0 Å². The topological polar surface area (TPSA) is 394 Å². The van der Waals surface area contributed by atoms with Crippen LogP contribution in [0.2, 0.25) is 0 Å². The van der Waals surface area contributed by atoms with Crippen molar-refractivity contribution >= 4 is 49.4 Å². The van der Waals surface area contributed by atoms with E-state index in [0.29, 0.717) is 80.5 Å². The van der Waals surface area contributed by atoms with Crippen LogP contribution in [-0.4, -0.2) is 350 Å². The number of piperazine rings is 3. The molecule has 0 saturated carbocycles. The van der Waals surface area contributed by atoms with Crippen LogP contribution in [0.5, 0.6) is 0 Å². The second-order valence-electron chi connectivity index (χ2n) is 28.6. The van der Waals surface area contributed by atoms with E-state index in [1.807, 2.05) is 6.92 Å². The van der Waals surface area contributed by atoms with Gasteiger partial charge in [-0.05, 0) is 121 Å². The average molecular weight is 1450 g/mol. The van der Waals surface area contributed by atoms with E-state index in [4.69, 9.17) is 20.4 Å². The molecule has 0 aromatic heterocycles. The molecule has 4 atom stereocenters. The molecule has 566 valence electrons. The van der Waals surface area contributed by atoms with Gasteiger partial charge in [0.05, 0.1) is 57.4 Å². The fraction of sp³-hybridized carbons (Fsp3) is 1.00. The number of rotatable bonds is 5. The normalized spacial score (nSPS) is 26.8. The van der Waals surface area contributed by atoms with Gasteiger partial charge in [-0.15, -0.1) is 0 Å². The highest BCUT2D eigenvalue weighted by Crippen LogP contribution is 2.22. The van der Waals surface area contributed by atoms with E-state index >= 15 is 0 Å². The summed E-state index contributed by atoms with van der Waals surface area (Å²) < 4.78 is 109. The first-order valence-electron chi connectivity index (χ1n) is 33.8. The molecular weight excluding hydrogens is 1310 g/mol. The van der Waals surface area contributed by atoms with Crippen LogP contribution in [0.3, 0.4) is 0 Å². The zero-order chi connectivity index (χ0) is 70.4. The van der Waals surface area contributed by atoms with E-state index < -0.39 is 61.6 Å². The van der Waals surface area contributed by atoms with Gasteiger partial charge in [0.2, 0.25) is 10.0 Å². The molecule has 0 radical (unpaired) electrons. The van der Waals surface area contributed by atoms with Gasteiger partial charge in [-0.3, -0.25) is 0 Å². The standard InChI is InChI=1S/C9H20N2.2C6H13NO2S.C6H13NO.C6H13N.C5H12N2O2S.C5H12N2.C5H11NO2.2C4H9NO2S.C4H9NO.CH4/c1-9(2,3)8-11-6-4-10-5-7-11;2*1-10(8,9)6-2-4-7-5-3-6;1-5-2-6(8)4-7-3-5;1-6(2)3-4-7-5-6;1-10(8,9)7-4-2-6-3-5-7;1-7-4-2-6-3-5-7;7-4-1-2-6-3-5(4)8;1-8(6,7)4-2-5-3-4;6-8(7)3-1-5-2-4-8;1-4(6)2-5-3-4;/h10H,4-8H2,1-3H3;2*6-7H,2-5H2,1H3;5-8H,2-4H2,1H3;7H,3-5H2,1-2H3;6H,2-5H2,1H3;6H,2-5H2,1H3;4-8H,1-3H2;4-5H,2-3H2,1H3;5H,1-4H2;5-6H,2-3H2,1H3;1H4/t;;;5-,6+;;;;4-,5+;;;;/m...1...1..../s1. The summed E-state index contributed by atoms with van der Waals surface area (Å²) in [5, 5.41) is 69.5. The second kappa shape index (κ2) is 48.0. The zero-order valence-corrected chi connectivity index (χ0v) is 63.2. The molecular formula is C61H138N14O14S5. The van der Waals surface area contributed by atoms with Gasteiger partial charge >= 0.3 is 0 Å². The lowest BCUT2D eigenvalue weighted by Crippen LogP contribution is -2.57. The third kappa shape index (κ3) is 49.5. The Morgan fingerprint density at radius 1 is 0.479 bits per heavy atom. The SMILES string of the molecule is C.CC(C)(C)CN1CCNCC1.CC1(C)CCNC1.CC1(O)CNC1.CN1CCNCC1.CS(=O)(=O)C1CCNCC1.CS(=O)(=O)C1CCNCC1.CS(=O)(=O)C1CNC1.CS(=O)(=O)N1CCNCC1.C[C@H]1CNC[C@@H](O)C1.O=S1(=O)CCNCC1.O[C@@H]1CCNC[C@@H]1O. The molecule has 0 aromatic rings. The number of aliphatic hydroxyl groups is 4. The molecule has 0 unspecified atom stereocenters. The van der Waals surface area contributed by atoms with Crippen molar-refractivity contribution in [2.45, 2.75) is 141 Å². The largest absolute Gasteiger partial charge is 0.392 e. The summed E-state index contributed by atoms with van der Waals surface area (Å²) in [5.41, 5.74) is 0.650. The van der Waals surface area contributed by atoms with Crippen LogP contribution in [-0.2, 0) is 49.4 Å². The quantitative estimate of drug-likeness (QED) is 0.127. The number of sulfonamides is 1. The number of hydrogen-bond acceptors (Lipinski definition) is 27. The predicted octanol–water partition coefficient (Wildman–Crippen LogP) is -3.46. The molecule has 0 aliphatic carbocycles. The van der Waals surface area contributed by atoms with Gasteiger partial charge in [0.15, 0.2) is 19.7 Å². The van der Waals surface area contributed by atoms with Crippen LogP contribution < -0.4 is 58.5 Å². The molecule has 0 amide bonds. The molecule has 0 aromatic carbocycles. The Labute approximate surface area is 571 Å². The maximum absolute atomic E-state index is 11.0. The fourth-order valence-electron chi connectivity index (χ4n) is 10.4. The molecule has 11 aliphatic rings. The monoisotopic (exact) mass is 1450 g/mol. The molecule has 28 nitrogen and oxygen atoms in total. The van der Waals surface area contributed by atoms with Gasteiger partial charge in [-0.25, -0.2) is 42.1 Å². The molecule has 0 spiro atoms. The van der Waals surface area contributed by atoms with E-state index in [-0.39, 0.29) is 34.9 Å². The van der Waals surface area contributed by atoms with Gasteiger partial charge in [-0.1, -0.05) is 49.0 Å². The minimum atomic E-state index is -2.93. The number of sulfone groups is 4. The van der Waals surface area contributed by atoms with E-state index in [2.05, 4.69) is 117 Å².